The van der Waals surface area contributed by atoms with Crippen LogP contribution in [-0.2, 0) is 9.47 Å². The molecular formula is C15H30N2O2. The van der Waals surface area contributed by atoms with E-state index in [2.05, 4.69) is 26.1 Å². The smallest absolute Gasteiger partial charge is 0.0662 e. The van der Waals surface area contributed by atoms with E-state index in [4.69, 9.17) is 15.2 Å². The van der Waals surface area contributed by atoms with Crippen molar-refractivity contribution in [2.24, 2.45) is 11.1 Å². The van der Waals surface area contributed by atoms with Crippen LogP contribution in [0.25, 0.3) is 0 Å². The molecule has 1 aliphatic heterocycles. The Hall–Kier alpha value is -0.160. The minimum Gasteiger partial charge on any atom is -0.381 e. The summed E-state index contributed by atoms with van der Waals surface area (Å²) in [5, 5.41) is 3.70. The maximum Gasteiger partial charge on any atom is 0.0662 e. The summed E-state index contributed by atoms with van der Waals surface area (Å²) in [6.45, 7) is 12.1. The second kappa shape index (κ2) is 5.32. The summed E-state index contributed by atoms with van der Waals surface area (Å²) in [6, 6.07) is 0. The van der Waals surface area contributed by atoms with Crippen LogP contribution in [0.5, 0.6) is 0 Å². The standard InChI is InChI=1S/C15H30N2O2/c1-5-19-12-10-15(16,13(12,2)3)11-17-14(4)6-8-18-9-7-14/h12,17H,5-11,16H2,1-4H3. The van der Waals surface area contributed by atoms with Crippen molar-refractivity contribution in [2.45, 2.75) is 64.1 Å². The molecule has 3 N–H and O–H groups in total. The normalized spacial score (nSPS) is 36.8. The quantitative estimate of drug-likeness (QED) is 0.798. The van der Waals surface area contributed by atoms with Crippen LogP contribution in [0, 0.1) is 5.41 Å². The average Bonchev–Trinajstić information content (AvgIpc) is 2.37. The Morgan fingerprint density at radius 2 is 1.89 bits per heavy atom. The molecule has 19 heavy (non-hydrogen) atoms. The van der Waals surface area contributed by atoms with Crippen LogP contribution < -0.4 is 11.1 Å². The first-order chi connectivity index (χ1) is 8.83. The summed E-state index contributed by atoms with van der Waals surface area (Å²) in [7, 11) is 0. The summed E-state index contributed by atoms with van der Waals surface area (Å²) >= 11 is 0. The van der Waals surface area contributed by atoms with Crippen molar-refractivity contribution in [3.8, 4) is 0 Å². The molecule has 4 heteroatoms. The minimum atomic E-state index is -0.159. The maximum absolute atomic E-state index is 6.60. The third-order valence-corrected chi connectivity index (χ3v) is 5.43. The van der Waals surface area contributed by atoms with Crippen molar-refractivity contribution in [2.75, 3.05) is 26.4 Å². The molecule has 2 aliphatic rings. The van der Waals surface area contributed by atoms with E-state index in [9.17, 15) is 0 Å². The number of hydrogen-bond acceptors (Lipinski definition) is 4. The van der Waals surface area contributed by atoms with Crippen molar-refractivity contribution in [1.82, 2.24) is 5.32 Å². The molecule has 0 aromatic heterocycles. The highest BCUT2D eigenvalue weighted by Gasteiger charge is 2.58. The number of ether oxygens (including phenoxy) is 2. The number of nitrogens with two attached hydrogens (primary N) is 1. The molecule has 0 spiro atoms. The Bertz CT molecular complexity index is 313. The molecular weight excluding hydrogens is 240 g/mol. The fraction of sp³-hybridized carbons (Fsp3) is 1.00. The van der Waals surface area contributed by atoms with Gasteiger partial charge in [-0.1, -0.05) is 13.8 Å². The Labute approximate surface area is 117 Å². The first-order valence-corrected chi connectivity index (χ1v) is 7.56. The van der Waals surface area contributed by atoms with Gasteiger partial charge in [-0.15, -0.1) is 0 Å². The Morgan fingerprint density at radius 3 is 2.42 bits per heavy atom. The maximum atomic E-state index is 6.60. The molecule has 112 valence electrons. The summed E-state index contributed by atoms with van der Waals surface area (Å²) in [4.78, 5) is 0. The molecule has 1 heterocycles. The molecule has 0 aromatic rings. The Morgan fingerprint density at radius 1 is 1.26 bits per heavy atom. The van der Waals surface area contributed by atoms with E-state index in [-0.39, 0.29) is 16.5 Å². The van der Waals surface area contributed by atoms with Crippen molar-refractivity contribution >= 4 is 0 Å². The number of nitrogens with one attached hydrogen (secondary N) is 1. The molecule has 1 aliphatic carbocycles. The lowest BCUT2D eigenvalue weighted by Crippen LogP contribution is -2.74. The van der Waals surface area contributed by atoms with Gasteiger partial charge in [0.05, 0.1) is 6.10 Å². The highest BCUT2D eigenvalue weighted by atomic mass is 16.5. The Balaban J connectivity index is 1.89. The lowest BCUT2D eigenvalue weighted by atomic mass is 9.54. The summed E-state index contributed by atoms with van der Waals surface area (Å²) in [5.41, 5.74) is 6.66. The van der Waals surface area contributed by atoms with Crippen molar-refractivity contribution < 1.29 is 9.47 Å². The van der Waals surface area contributed by atoms with Crippen molar-refractivity contribution in [1.29, 1.82) is 0 Å². The van der Waals surface area contributed by atoms with Gasteiger partial charge >= 0.3 is 0 Å². The molecule has 0 amide bonds. The summed E-state index contributed by atoms with van der Waals surface area (Å²) in [6.07, 6.45) is 3.39. The van der Waals surface area contributed by atoms with Crippen LogP contribution in [0.4, 0.5) is 0 Å². The molecule has 2 unspecified atom stereocenters. The molecule has 0 aromatic carbocycles. The fourth-order valence-electron chi connectivity index (χ4n) is 3.18. The molecule has 1 saturated heterocycles. The van der Waals surface area contributed by atoms with Gasteiger partial charge in [0.25, 0.3) is 0 Å². The van der Waals surface area contributed by atoms with Gasteiger partial charge in [0.2, 0.25) is 0 Å². The SMILES string of the molecule is CCOC1CC(N)(CNC2(C)CCOCC2)C1(C)C. The van der Waals surface area contributed by atoms with Crippen LogP contribution in [-0.4, -0.2) is 43.5 Å². The first kappa shape index (κ1) is 15.2. The monoisotopic (exact) mass is 270 g/mol. The molecule has 0 radical (unpaired) electrons. The van der Waals surface area contributed by atoms with Gasteiger partial charge in [0.1, 0.15) is 0 Å². The van der Waals surface area contributed by atoms with Crippen molar-refractivity contribution in [3.05, 3.63) is 0 Å². The van der Waals surface area contributed by atoms with Gasteiger partial charge in [-0.2, -0.15) is 0 Å². The highest BCUT2D eigenvalue weighted by molar-refractivity contribution is 5.15. The highest BCUT2D eigenvalue weighted by Crippen LogP contribution is 2.49. The number of rotatable bonds is 5. The van der Waals surface area contributed by atoms with Crippen LogP contribution >= 0.6 is 0 Å². The Kier molecular flexibility index (Phi) is 4.26. The lowest BCUT2D eigenvalue weighted by molar-refractivity contribution is -0.150. The molecule has 2 fully saturated rings. The van der Waals surface area contributed by atoms with Crippen LogP contribution in [0.15, 0.2) is 0 Å². The zero-order chi connectivity index (χ0) is 14.1. The molecule has 0 bridgehead atoms. The molecule has 2 rings (SSSR count). The fourth-order valence-corrected chi connectivity index (χ4v) is 3.18. The molecule has 1 saturated carbocycles. The predicted octanol–water partition coefficient (Wildman–Crippen LogP) is 1.68. The van der Waals surface area contributed by atoms with Gasteiger partial charge in [0.15, 0.2) is 0 Å². The second-order valence-electron chi connectivity index (χ2n) is 7.05. The van der Waals surface area contributed by atoms with Crippen LogP contribution in [0.3, 0.4) is 0 Å². The first-order valence-electron chi connectivity index (χ1n) is 7.56. The zero-order valence-electron chi connectivity index (χ0n) is 12.9. The lowest BCUT2D eigenvalue weighted by Gasteiger charge is -2.60. The molecule has 2 atom stereocenters. The zero-order valence-corrected chi connectivity index (χ0v) is 12.9. The summed E-state index contributed by atoms with van der Waals surface area (Å²) in [5.74, 6) is 0. The van der Waals surface area contributed by atoms with Gasteiger partial charge in [-0.25, -0.2) is 0 Å². The summed E-state index contributed by atoms with van der Waals surface area (Å²) < 4.78 is 11.2. The van der Waals surface area contributed by atoms with E-state index in [1.807, 2.05) is 6.92 Å². The third kappa shape index (κ3) is 2.82. The molecule has 4 nitrogen and oxygen atoms in total. The third-order valence-electron chi connectivity index (χ3n) is 5.43. The largest absolute Gasteiger partial charge is 0.381 e. The topological polar surface area (TPSA) is 56.5 Å². The van der Waals surface area contributed by atoms with E-state index in [0.717, 1.165) is 45.6 Å². The van der Waals surface area contributed by atoms with Crippen molar-refractivity contribution in [3.63, 3.8) is 0 Å². The minimum absolute atomic E-state index is 0.0392. The number of hydrogen-bond donors (Lipinski definition) is 2. The van der Waals surface area contributed by atoms with E-state index >= 15 is 0 Å². The van der Waals surface area contributed by atoms with E-state index < -0.39 is 0 Å². The van der Waals surface area contributed by atoms with Crippen LogP contribution in [0.2, 0.25) is 0 Å². The van der Waals surface area contributed by atoms with Gasteiger partial charge < -0.3 is 20.5 Å². The van der Waals surface area contributed by atoms with Gasteiger partial charge in [0, 0.05) is 42.9 Å². The van der Waals surface area contributed by atoms with Gasteiger partial charge in [-0.3, -0.25) is 0 Å². The average molecular weight is 270 g/mol. The van der Waals surface area contributed by atoms with Gasteiger partial charge in [-0.05, 0) is 33.1 Å². The van der Waals surface area contributed by atoms with Crippen LogP contribution in [0.1, 0.15) is 47.0 Å². The van der Waals surface area contributed by atoms with E-state index in [1.165, 1.54) is 0 Å². The second-order valence-corrected chi connectivity index (χ2v) is 7.05. The van der Waals surface area contributed by atoms with E-state index in [0.29, 0.717) is 6.10 Å². The van der Waals surface area contributed by atoms with E-state index in [1.54, 1.807) is 0 Å². The predicted molar refractivity (Wildman–Crippen MR) is 77.2 cm³/mol.